The zero-order valence-electron chi connectivity index (χ0n) is 10.3. The van der Waals surface area contributed by atoms with Crippen LogP contribution in [0, 0.1) is 0 Å². The highest BCUT2D eigenvalue weighted by atomic mass is 16.2. The zero-order chi connectivity index (χ0) is 12.7. The number of rotatable bonds is 1. The number of nitrogens with zero attached hydrogens (tertiary/aromatic N) is 2. The van der Waals surface area contributed by atoms with Gasteiger partial charge >= 0.3 is 0 Å². The quantitative estimate of drug-likeness (QED) is 0.735. The van der Waals surface area contributed by atoms with Gasteiger partial charge in [0.05, 0.1) is 11.3 Å². The number of hydrogen-bond acceptors (Lipinski definition) is 4. The lowest BCUT2D eigenvalue weighted by Gasteiger charge is -2.34. The van der Waals surface area contributed by atoms with Gasteiger partial charge in [-0.2, -0.15) is 0 Å². The van der Waals surface area contributed by atoms with Gasteiger partial charge in [-0.25, -0.2) is 0 Å². The van der Waals surface area contributed by atoms with Gasteiger partial charge in [0, 0.05) is 31.9 Å². The third kappa shape index (κ3) is 1.76. The molecule has 1 fully saturated rings. The standard InChI is InChI=1S/C13H15N3O2/c1-15-4-6-16(7-5-15)9-2-3-10-11(8-9)14-13(18)12(10)17/h2-3,8H,4-7H2,1H3,(H,14,17,18). The molecule has 1 N–H and O–H groups in total. The van der Waals surface area contributed by atoms with Gasteiger partial charge in [-0.3, -0.25) is 9.59 Å². The van der Waals surface area contributed by atoms with Crippen LogP contribution in [0.2, 0.25) is 0 Å². The molecule has 0 spiro atoms. The molecule has 0 aromatic heterocycles. The van der Waals surface area contributed by atoms with E-state index in [0.29, 0.717) is 11.3 Å². The third-order valence-corrected chi connectivity index (χ3v) is 3.57. The van der Waals surface area contributed by atoms with Crippen molar-refractivity contribution in [3.05, 3.63) is 23.8 Å². The normalized spacial score (nSPS) is 19.9. The highest BCUT2D eigenvalue weighted by Gasteiger charge is 2.28. The fraction of sp³-hybridized carbons (Fsp3) is 0.385. The van der Waals surface area contributed by atoms with Gasteiger partial charge < -0.3 is 15.1 Å². The minimum absolute atomic E-state index is 0.435. The maximum Gasteiger partial charge on any atom is 0.296 e. The van der Waals surface area contributed by atoms with Crippen molar-refractivity contribution < 1.29 is 9.59 Å². The Bertz CT molecular complexity index is 519. The minimum atomic E-state index is -0.527. The van der Waals surface area contributed by atoms with Gasteiger partial charge in [-0.1, -0.05) is 0 Å². The second kappa shape index (κ2) is 4.10. The van der Waals surface area contributed by atoms with E-state index in [1.54, 1.807) is 6.07 Å². The van der Waals surface area contributed by atoms with Crippen LogP contribution in [-0.4, -0.2) is 49.8 Å². The van der Waals surface area contributed by atoms with Gasteiger partial charge in [0.25, 0.3) is 11.7 Å². The van der Waals surface area contributed by atoms with Gasteiger partial charge in [0.15, 0.2) is 0 Å². The number of amides is 1. The van der Waals surface area contributed by atoms with Crippen LogP contribution in [0.3, 0.4) is 0 Å². The van der Waals surface area contributed by atoms with Crippen LogP contribution in [0.4, 0.5) is 11.4 Å². The maximum absolute atomic E-state index is 11.5. The van der Waals surface area contributed by atoms with Crippen molar-refractivity contribution in [2.45, 2.75) is 0 Å². The second-order valence-corrected chi connectivity index (χ2v) is 4.80. The van der Waals surface area contributed by atoms with E-state index >= 15 is 0 Å². The molecule has 5 heteroatoms. The Kier molecular flexibility index (Phi) is 2.56. The van der Waals surface area contributed by atoms with Gasteiger partial charge in [-0.15, -0.1) is 0 Å². The van der Waals surface area contributed by atoms with E-state index in [-0.39, 0.29) is 0 Å². The Morgan fingerprint density at radius 1 is 1.11 bits per heavy atom. The maximum atomic E-state index is 11.5. The summed E-state index contributed by atoms with van der Waals surface area (Å²) >= 11 is 0. The summed E-state index contributed by atoms with van der Waals surface area (Å²) in [6.45, 7) is 4.00. The van der Waals surface area contributed by atoms with Crippen molar-refractivity contribution >= 4 is 23.1 Å². The number of carbonyl (C=O) groups is 2. The fourth-order valence-electron chi connectivity index (χ4n) is 2.40. The molecule has 0 aliphatic carbocycles. The van der Waals surface area contributed by atoms with E-state index in [4.69, 9.17) is 0 Å². The first-order valence-corrected chi connectivity index (χ1v) is 6.08. The summed E-state index contributed by atoms with van der Waals surface area (Å²) in [5.41, 5.74) is 2.19. The average molecular weight is 245 g/mol. The van der Waals surface area contributed by atoms with E-state index in [1.165, 1.54) is 0 Å². The van der Waals surface area contributed by atoms with E-state index in [1.807, 2.05) is 12.1 Å². The molecule has 1 aromatic carbocycles. The summed E-state index contributed by atoms with van der Waals surface area (Å²) in [5, 5.41) is 2.61. The summed E-state index contributed by atoms with van der Waals surface area (Å²) in [6.07, 6.45) is 0. The van der Waals surface area contributed by atoms with Crippen LogP contribution in [-0.2, 0) is 4.79 Å². The minimum Gasteiger partial charge on any atom is -0.369 e. The number of fused-ring (bicyclic) bond motifs is 1. The number of Topliss-reactive ketones (excluding diaryl/α,β-unsaturated/α-hetero) is 1. The molecule has 0 unspecified atom stereocenters. The molecule has 5 nitrogen and oxygen atoms in total. The molecule has 1 saturated heterocycles. The second-order valence-electron chi connectivity index (χ2n) is 4.80. The first-order chi connectivity index (χ1) is 8.65. The predicted octanol–water partition coefficient (Wildman–Crippen LogP) is 0.573. The highest BCUT2D eigenvalue weighted by molar-refractivity contribution is 6.51. The van der Waals surface area contributed by atoms with Crippen LogP contribution in [0.25, 0.3) is 0 Å². The number of hydrogen-bond donors (Lipinski definition) is 1. The fourth-order valence-corrected chi connectivity index (χ4v) is 2.40. The Balaban J connectivity index is 1.86. The first kappa shape index (κ1) is 11.2. The number of piperazine rings is 1. The molecule has 18 heavy (non-hydrogen) atoms. The summed E-state index contributed by atoms with van der Waals surface area (Å²) in [6, 6.07) is 5.55. The smallest absolute Gasteiger partial charge is 0.296 e. The van der Waals surface area contributed by atoms with Gasteiger partial charge in [0.2, 0.25) is 0 Å². The van der Waals surface area contributed by atoms with Crippen molar-refractivity contribution in [3.63, 3.8) is 0 Å². The zero-order valence-corrected chi connectivity index (χ0v) is 10.3. The summed E-state index contributed by atoms with van der Waals surface area (Å²) in [7, 11) is 2.11. The molecular formula is C13H15N3O2. The number of likely N-dealkylation sites (N-methyl/N-ethyl adjacent to an activating group) is 1. The van der Waals surface area contributed by atoms with E-state index in [2.05, 4.69) is 22.2 Å². The lowest BCUT2D eigenvalue weighted by molar-refractivity contribution is -0.112. The Morgan fingerprint density at radius 2 is 1.83 bits per heavy atom. The van der Waals surface area contributed by atoms with Crippen molar-refractivity contribution in [2.24, 2.45) is 0 Å². The number of benzene rings is 1. The van der Waals surface area contributed by atoms with Crippen LogP contribution in [0.15, 0.2) is 18.2 Å². The predicted molar refractivity (Wildman–Crippen MR) is 69.1 cm³/mol. The molecule has 2 heterocycles. The molecule has 94 valence electrons. The topological polar surface area (TPSA) is 52.6 Å². The highest BCUT2D eigenvalue weighted by Crippen LogP contribution is 2.28. The van der Waals surface area contributed by atoms with E-state index in [9.17, 15) is 9.59 Å². The molecule has 0 bridgehead atoms. The Labute approximate surface area is 105 Å². The van der Waals surface area contributed by atoms with Crippen LogP contribution < -0.4 is 10.2 Å². The number of anilines is 2. The van der Waals surface area contributed by atoms with Gasteiger partial charge in [-0.05, 0) is 25.2 Å². The third-order valence-electron chi connectivity index (χ3n) is 3.57. The van der Waals surface area contributed by atoms with Crippen molar-refractivity contribution in [3.8, 4) is 0 Å². The van der Waals surface area contributed by atoms with Crippen LogP contribution >= 0.6 is 0 Å². The molecule has 0 atom stereocenters. The Hall–Kier alpha value is -1.88. The number of nitrogens with one attached hydrogen (secondary N) is 1. The lowest BCUT2D eigenvalue weighted by atomic mass is 10.1. The summed E-state index contributed by atoms with van der Waals surface area (Å²) < 4.78 is 0. The van der Waals surface area contributed by atoms with Crippen LogP contribution in [0.1, 0.15) is 10.4 Å². The first-order valence-electron chi connectivity index (χ1n) is 6.08. The molecular weight excluding hydrogens is 230 g/mol. The van der Waals surface area contributed by atoms with Crippen molar-refractivity contribution in [1.29, 1.82) is 0 Å². The monoisotopic (exact) mass is 245 g/mol. The summed E-state index contributed by atoms with van der Waals surface area (Å²) in [5.74, 6) is -0.963. The number of carbonyl (C=O) groups excluding carboxylic acids is 2. The molecule has 3 rings (SSSR count). The largest absolute Gasteiger partial charge is 0.369 e. The molecule has 2 aliphatic rings. The van der Waals surface area contributed by atoms with E-state index < -0.39 is 11.7 Å². The molecule has 0 saturated carbocycles. The summed E-state index contributed by atoms with van der Waals surface area (Å²) in [4.78, 5) is 27.3. The lowest BCUT2D eigenvalue weighted by Crippen LogP contribution is -2.44. The van der Waals surface area contributed by atoms with Crippen LogP contribution in [0.5, 0.6) is 0 Å². The molecule has 1 amide bonds. The Morgan fingerprint density at radius 3 is 2.56 bits per heavy atom. The van der Waals surface area contributed by atoms with Crippen molar-refractivity contribution in [1.82, 2.24) is 4.90 Å². The van der Waals surface area contributed by atoms with Gasteiger partial charge in [0.1, 0.15) is 0 Å². The van der Waals surface area contributed by atoms with Crippen molar-refractivity contribution in [2.75, 3.05) is 43.4 Å². The molecule has 2 aliphatic heterocycles. The molecule has 0 radical (unpaired) electrons. The number of ketones is 1. The average Bonchev–Trinajstić information content (AvgIpc) is 2.65. The molecule has 1 aromatic rings. The SMILES string of the molecule is CN1CCN(c2ccc3c(c2)NC(=O)C3=O)CC1. The van der Waals surface area contributed by atoms with E-state index in [0.717, 1.165) is 31.9 Å².